The van der Waals surface area contributed by atoms with Crippen LogP contribution in [0.15, 0.2) is 77.7 Å². The monoisotopic (exact) mass is 449 g/mol. The topological polar surface area (TPSA) is 46.2 Å². The summed E-state index contributed by atoms with van der Waals surface area (Å²) in [6.45, 7) is 1.95. The second-order valence-corrected chi connectivity index (χ2v) is 8.30. The molecule has 1 N–H and O–H groups in total. The molecule has 5 heteroatoms. The zero-order valence-corrected chi connectivity index (χ0v) is 16.0. The standard InChI is InChI=1S/C19H16INO2S/c1-14-7-12-18(13-19(14)20)24(22,23)21-17-10-8-16(9-11-17)15-5-3-2-4-6-15/h2-13,21H,1H3. The maximum atomic E-state index is 12.5. The van der Waals surface area contributed by atoms with Gasteiger partial charge in [-0.25, -0.2) is 8.42 Å². The minimum Gasteiger partial charge on any atom is -0.280 e. The van der Waals surface area contributed by atoms with Crippen molar-refractivity contribution < 1.29 is 8.42 Å². The smallest absolute Gasteiger partial charge is 0.261 e. The predicted octanol–water partition coefficient (Wildman–Crippen LogP) is 5.07. The first-order chi connectivity index (χ1) is 11.5. The molecular formula is C19H16INO2S. The SMILES string of the molecule is Cc1ccc(S(=O)(=O)Nc2ccc(-c3ccccc3)cc2)cc1I. The molecule has 0 aliphatic carbocycles. The second kappa shape index (κ2) is 6.94. The lowest BCUT2D eigenvalue weighted by molar-refractivity contribution is 0.601. The average Bonchev–Trinajstić information content (AvgIpc) is 2.58. The molecule has 0 bridgehead atoms. The van der Waals surface area contributed by atoms with E-state index in [2.05, 4.69) is 27.3 Å². The van der Waals surface area contributed by atoms with Gasteiger partial charge >= 0.3 is 0 Å². The van der Waals surface area contributed by atoms with Gasteiger partial charge in [0.15, 0.2) is 0 Å². The van der Waals surface area contributed by atoms with Crippen LogP contribution >= 0.6 is 22.6 Å². The Morgan fingerprint density at radius 2 is 1.46 bits per heavy atom. The molecule has 3 aromatic rings. The van der Waals surface area contributed by atoms with Crippen molar-refractivity contribution in [1.82, 2.24) is 0 Å². The number of rotatable bonds is 4. The van der Waals surface area contributed by atoms with Gasteiger partial charge in [0.1, 0.15) is 0 Å². The van der Waals surface area contributed by atoms with Crippen LogP contribution in [0.2, 0.25) is 0 Å². The third kappa shape index (κ3) is 3.79. The molecule has 0 atom stereocenters. The van der Waals surface area contributed by atoms with Crippen molar-refractivity contribution in [3.8, 4) is 11.1 Å². The predicted molar refractivity (Wildman–Crippen MR) is 107 cm³/mol. The van der Waals surface area contributed by atoms with E-state index in [1.165, 1.54) is 0 Å². The summed E-state index contributed by atoms with van der Waals surface area (Å²) >= 11 is 2.14. The van der Waals surface area contributed by atoms with Gasteiger partial charge in [0.2, 0.25) is 0 Å². The number of sulfonamides is 1. The minimum atomic E-state index is -3.58. The Labute approximate surface area is 155 Å². The number of halogens is 1. The number of benzene rings is 3. The molecule has 3 nitrogen and oxygen atoms in total. The molecule has 0 aromatic heterocycles. The lowest BCUT2D eigenvalue weighted by atomic mass is 10.1. The lowest BCUT2D eigenvalue weighted by Crippen LogP contribution is -2.13. The van der Waals surface area contributed by atoms with Gasteiger partial charge in [-0.3, -0.25) is 4.72 Å². The lowest BCUT2D eigenvalue weighted by Gasteiger charge is -2.10. The van der Waals surface area contributed by atoms with Crippen LogP contribution in [0.5, 0.6) is 0 Å². The fourth-order valence-electron chi connectivity index (χ4n) is 2.32. The summed E-state index contributed by atoms with van der Waals surface area (Å²) in [4.78, 5) is 0.268. The molecule has 0 saturated carbocycles. The van der Waals surface area contributed by atoms with E-state index in [9.17, 15) is 8.42 Å². The highest BCUT2D eigenvalue weighted by Crippen LogP contribution is 2.23. The van der Waals surface area contributed by atoms with Crippen LogP contribution in [0, 0.1) is 10.5 Å². The highest BCUT2D eigenvalue weighted by atomic mass is 127. The maximum Gasteiger partial charge on any atom is 0.261 e. The van der Waals surface area contributed by atoms with Crippen molar-refractivity contribution in [2.24, 2.45) is 0 Å². The van der Waals surface area contributed by atoms with Gasteiger partial charge in [0.25, 0.3) is 10.0 Å². The molecule has 24 heavy (non-hydrogen) atoms. The van der Waals surface area contributed by atoms with Crippen LogP contribution < -0.4 is 4.72 Å². The van der Waals surface area contributed by atoms with Crippen molar-refractivity contribution in [3.05, 3.63) is 81.9 Å². The number of anilines is 1. The van der Waals surface area contributed by atoms with Gasteiger partial charge in [-0.05, 0) is 70.5 Å². The quantitative estimate of drug-likeness (QED) is 0.566. The molecule has 0 amide bonds. The number of hydrogen-bond acceptors (Lipinski definition) is 2. The van der Waals surface area contributed by atoms with Crippen LogP contribution in [0.4, 0.5) is 5.69 Å². The first-order valence-corrected chi connectivity index (χ1v) is 9.96. The van der Waals surface area contributed by atoms with Crippen LogP contribution in [-0.4, -0.2) is 8.42 Å². The molecule has 0 radical (unpaired) electrons. The van der Waals surface area contributed by atoms with Gasteiger partial charge in [0, 0.05) is 9.26 Å². The molecule has 0 heterocycles. The molecule has 122 valence electrons. The Morgan fingerprint density at radius 1 is 0.833 bits per heavy atom. The molecule has 3 rings (SSSR count). The molecule has 0 unspecified atom stereocenters. The van der Waals surface area contributed by atoms with Crippen molar-refractivity contribution >= 4 is 38.3 Å². The Hall–Kier alpha value is -1.86. The average molecular weight is 449 g/mol. The van der Waals surface area contributed by atoms with Gasteiger partial charge in [0.05, 0.1) is 4.90 Å². The Balaban J connectivity index is 1.84. The Bertz CT molecular complexity index is 952. The van der Waals surface area contributed by atoms with Gasteiger partial charge in [-0.2, -0.15) is 0 Å². The van der Waals surface area contributed by atoms with Crippen molar-refractivity contribution in [3.63, 3.8) is 0 Å². The number of hydrogen-bond donors (Lipinski definition) is 1. The molecule has 0 saturated heterocycles. The van der Waals surface area contributed by atoms with Crippen molar-refractivity contribution in [2.45, 2.75) is 11.8 Å². The van der Waals surface area contributed by atoms with E-state index in [0.29, 0.717) is 5.69 Å². The zero-order valence-electron chi connectivity index (χ0n) is 13.0. The largest absolute Gasteiger partial charge is 0.280 e. The van der Waals surface area contributed by atoms with Gasteiger partial charge < -0.3 is 0 Å². The van der Waals surface area contributed by atoms with Crippen LogP contribution in [-0.2, 0) is 10.0 Å². The first-order valence-electron chi connectivity index (χ1n) is 7.40. The third-order valence-electron chi connectivity index (χ3n) is 3.70. The summed E-state index contributed by atoms with van der Waals surface area (Å²) in [6, 6.07) is 22.4. The third-order valence-corrected chi connectivity index (χ3v) is 6.24. The summed E-state index contributed by atoms with van der Waals surface area (Å²) in [7, 11) is -3.58. The van der Waals surface area contributed by atoms with E-state index < -0.39 is 10.0 Å². The molecule has 0 aliphatic rings. The number of aryl methyl sites for hydroxylation is 1. The van der Waals surface area contributed by atoms with E-state index in [4.69, 9.17) is 0 Å². The number of nitrogens with one attached hydrogen (secondary N) is 1. The molecule has 0 fully saturated rings. The molecule has 0 aliphatic heterocycles. The summed E-state index contributed by atoms with van der Waals surface area (Å²) in [6.07, 6.45) is 0. The summed E-state index contributed by atoms with van der Waals surface area (Å²) in [5, 5.41) is 0. The van der Waals surface area contributed by atoms with E-state index >= 15 is 0 Å². The van der Waals surface area contributed by atoms with E-state index in [1.54, 1.807) is 24.3 Å². The van der Waals surface area contributed by atoms with E-state index in [-0.39, 0.29) is 4.90 Å². The van der Waals surface area contributed by atoms with E-state index in [1.807, 2.05) is 55.5 Å². The van der Waals surface area contributed by atoms with Crippen LogP contribution in [0.25, 0.3) is 11.1 Å². The minimum absolute atomic E-state index is 0.268. The van der Waals surface area contributed by atoms with E-state index in [0.717, 1.165) is 20.3 Å². The summed E-state index contributed by atoms with van der Waals surface area (Å²) < 4.78 is 28.6. The second-order valence-electron chi connectivity index (χ2n) is 5.46. The molecule has 3 aromatic carbocycles. The highest BCUT2D eigenvalue weighted by Gasteiger charge is 2.15. The maximum absolute atomic E-state index is 12.5. The summed E-state index contributed by atoms with van der Waals surface area (Å²) in [5.74, 6) is 0. The fourth-order valence-corrected chi connectivity index (χ4v) is 4.13. The van der Waals surface area contributed by atoms with Gasteiger partial charge in [-0.1, -0.05) is 48.5 Å². The Morgan fingerprint density at radius 3 is 2.08 bits per heavy atom. The Kier molecular flexibility index (Phi) is 4.91. The summed E-state index contributed by atoms with van der Waals surface area (Å²) in [5.41, 5.74) is 3.75. The van der Waals surface area contributed by atoms with Crippen molar-refractivity contribution in [1.29, 1.82) is 0 Å². The zero-order chi connectivity index (χ0) is 17.2. The highest BCUT2D eigenvalue weighted by molar-refractivity contribution is 14.1. The molecular weight excluding hydrogens is 433 g/mol. The molecule has 0 spiro atoms. The van der Waals surface area contributed by atoms with Gasteiger partial charge in [-0.15, -0.1) is 0 Å². The first kappa shape index (κ1) is 17.0. The normalized spacial score (nSPS) is 11.2. The van der Waals surface area contributed by atoms with Crippen molar-refractivity contribution in [2.75, 3.05) is 4.72 Å². The van der Waals surface area contributed by atoms with Crippen LogP contribution in [0.3, 0.4) is 0 Å². The van der Waals surface area contributed by atoms with Crippen LogP contribution in [0.1, 0.15) is 5.56 Å². The fraction of sp³-hybridized carbons (Fsp3) is 0.0526.